The molecule has 0 saturated heterocycles. The summed E-state index contributed by atoms with van der Waals surface area (Å²) in [5.74, 6) is -0.140. The number of rotatable bonds is 6. The molecule has 0 aliphatic heterocycles. The van der Waals surface area contributed by atoms with Crippen molar-refractivity contribution in [2.45, 2.75) is 20.3 Å². The SMILES string of the molecule is CCOC(=O)c1cc(CCNC(=O)c2ccc(C)cc2)on1. The van der Waals surface area contributed by atoms with Gasteiger partial charge in [-0.05, 0) is 26.0 Å². The molecule has 0 aliphatic carbocycles. The van der Waals surface area contributed by atoms with E-state index in [1.54, 1.807) is 19.1 Å². The summed E-state index contributed by atoms with van der Waals surface area (Å²) in [4.78, 5) is 23.4. The molecule has 1 amide bonds. The molecule has 2 aromatic rings. The van der Waals surface area contributed by atoms with E-state index in [2.05, 4.69) is 10.5 Å². The van der Waals surface area contributed by atoms with Crippen molar-refractivity contribution in [1.82, 2.24) is 10.5 Å². The van der Waals surface area contributed by atoms with Crippen LogP contribution >= 0.6 is 0 Å². The van der Waals surface area contributed by atoms with Gasteiger partial charge in [-0.3, -0.25) is 4.79 Å². The molecule has 6 nitrogen and oxygen atoms in total. The fourth-order valence-electron chi connectivity index (χ4n) is 1.84. The zero-order valence-electron chi connectivity index (χ0n) is 12.6. The summed E-state index contributed by atoms with van der Waals surface area (Å²) in [6.07, 6.45) is 0.448. The molecule has 0 saturated carbocycles. The lowest BCUT2D eigenvalue weighted by Gasteiger charge is -2.03. The maximum Gasteiger partial charge on any atom is 0.360 e. The van der Waals surface area contributed by atoms with Crippen LogP contribution in [0.4, 0.5) is 0 Å². The number of carbonyl (C=O) groups is 2. The van der Waals surface area contributed by atoms with Crippen molar-refractivity contribution < 1.29 is 18.8 Å². The molecule has 6 heteroatoms. The van der Waals surface area contributed by atoms with Gasteiger partial charge in [-0.25, -0.2) is 4.79 Å². The van der Waals surface area contributed by atoms with Gasteiger partial charge in [-0.15, -0.1) is 0 Å². The van der Waals surface area contributed by atoms with Gasteiger partial charge in [0.05, 0.1) is 6.61 Å². The van der Waals surface area contributed by atoms with Crippen LogP contribution in [-0.4, -0.2) is 30.2 Å². The molecule has 0 bridgehead atoms. The van der Waals surface area contributed by atoms with Crippen LogP contribution in [-0.2, 0) is 11.2 Å². The minimum atomic E-state index is -0.513. The second kappa shape index (κ2) is 7.40. The molecule has 0 fully saturated rings. The Kier molecular flexibility index (Phi) is 5.30. The first-order valence-corrected chi connectivity index (χ1v) is 7.07. The maximum atomic E-state index is 11.9. The van der Waals surface area contributed by atoms with E-state index in [1.807, 2.05) is 19.1 Å². The first kappa shape index (κ1) is 15.8. The minimum Gasteiger partial charge on any atom is -0.461 e. The smallest absolute Gasteiger partial charge is 0.360 e. The predicted molar refractivity (Wildman–Crippen MR) is 79.7 cm³/mol. The Balaban J connectivity index is 1.82. The number of amides is 1. The van der Waals surface area contributed by atoms with Crippen LogP contribution in [0, 0.1) is 6.92 Å². The molecule has 1 heterocycles. The van der Waals surface area contributed by atoms with Crippen LogP contribution in [0.5, 0.6) is 0 Å². The summed E-state index contributed by atoms with van der Waals surface area (Å²) in [7, 11) is 0. The lowest BCUT2D eigenvalue weighted by Crippen LogP contribution is -2.25. The van der Waals surface area contributed by atoms with Crippen LogP contribution in [0.3, 0.4) is 0 Å². The maximum absolute atomic E-state index is 11.9. The van der Waals surface area contributed by atoms with Gasteiger partial charge in [0.15, 0.2) is 5.69 Å². The van der Waals surface area contributed by atoms with Crippen molar-refractivity contribution in [2.24, 2.45) is 0 Å². The largest absolute Gasteiger partial charge is 0.461 e. The topological polar surface area (TPSA) is 81.4 Å². The third kappa shape index (κ3) is 4.18. The molecule has 0 radical (unpaired) electrons. The molecule has 22 heavy (non-hydrogen) atoms. The third-order valence-corrected chi connectivity index (χ3v) is 3.01. The van der Waals surface area contributed by atoms with Gasteiger partial charge in [0, 0.05) is 24.6 Å². The van der Waals surface area contributed by atoms with Gasteiger partial charge in [-0.1, -0.05) is 22.9 Å². The monoisotopic (exact) mass is 302 g/mol. The van der Waals surface area contributed by atoms with Gasteiger partial charge in [0.2, 0.25) is 0 Å². The number of aromatic nitrogens is 1. The molecular weight excluding hydrogens is 284 g/mol. The van der Waals surface area contributed by atoms with Crippen molar-refractivity contribution in [1.29, 1.82) is 0 Å². The second-order valence-electron chi connectivity index (χ2n) is 4.77. The first-order valence-electron chi connectivity index (χ1n) is 7.07. The van der Waals surface area contributed by atoms with Crippen LogP contribution in [0.15, 0.2) is 34.9 Å². The Morgan fingerprint density at radius 2 is 2.00 bits per heavy atom. The summed E-state index contributed by atoms with van der Waals surface area (Å²) in [5.41, 5.74) is 1.85. The van der Waals surface area contributed by atoms with E-state index in [-0.39, 0.29) is 18.2 Å². The van der Waals surface area contributed by atoms with Crippen molar-refractivity contribution in [3.05, 3.63) is 52.9 Å². The van der Waals surface area contributed by atoms with Gasteiger partial charge in [0.25, 0.3) is 5.91 Å². The number of nitrogens with one attached hydrogen (secondary N) is 1. The summed E-state index contributed by atoms with van der Waals surface area (Å²) < 4.78 is 9.85. The normalized spacial score (nSPS) is 10.3. The van der Waals surface area contributed by atoms with Crippen molar-refractivity contribution in [3.63, 3.8) is 0 Å². The molecule has 1 aromatic heterocycles. The van der Waals surface area contributed by atoms with E-state index in [0.717, 1.165) is 5.56 Å². The second-order valence-corrected chi connectivity index (χ2v) is 4.77. The Morgan fingerprint density at radius 1 is 1.27 bits per heavy atom. The van der Waals surface area contributed by atoms with Crippen LogP contribution in [0.1, 0.15) is 39.1 Å². The average molecular weight is 302 g/mol. The standard InChI is InChI=1S/C16H18N2O4/c1-3-21-16(20)14-10-13(22-18-14)8-9-17-15(19)12-6-4-11(2)5-7-12/h4-7,10H,3,8-9H2,1-2H3,(H,17,19). The summed E-state index contributed by atoms with van der Waals surface area (Å²) in [6, 6.07) is 8.85. The summed E-state index contributed by atoms with van der Waals surface area (Å²) in [6.45, 7) is 4.37. The van der Waals surface area contributed by atoms with Gasteiger partial charge < -0.3 is 14.6 Å². The molecule has 0 spiro atoms. The van der Waals surface area contributed by atoms with Crippen LogP contribution < -0.4 is 5.32 Å². The molecule has 2 rings (SSSR count). The quantitative estimate of drug-likeness (QED) is 0.827. The zero-order chi connectivity index (χ0) is 15.9. The third-order valence-electron chi connectivity index (χ3n) is 3.01. The van der Waals surface area contributed by atoms with E-state index < -0.39 is 5.97 Å². The van der Waals surface area contributed by atoms with E-state index >= 15 is 0 Å². The molecule has 1 N–H and O–H groups in total. The number of hydrogen-bond donors (Lipinski definition) is 1. The van der Waals surface area contributed by atoms with E-state index in [9.17, 15) is 9.59 Å². The van der Waals surface area contributed by atoms with Crippen LogP contribution in [0.25, 0.3) is 0 Å². The molecule has 0 unspecified atom stereocenters. The Labute approximate surface area is 128 Å². The zero-order valence-corrected chi connectivity index (χ0v) is 12.6. The lowest BCUT2D eigenvalue weighted by molar-refractivity contribution is 0.0514. The number of esters is 1. The Bertz CT molecular complexity index is 646. The Morgan fingerprint density at radius 3 is 2.68 bits per heavy atom. The molecule has 0 atom stereocenters. The van der Waals surface area contributed by atoms with Crippen molar-refractivity contribution in [2.75, 3.05) is 13.2 Å². The molecule has 0 aliphatic rings. The lowest BCUT2D eigenvalue weighted by atomic mass is 10.1. The highest BCUT2D eigenvalue weighted by molar-refractivity contribution is 5.94. The van der Waals surface area contributed by atoms with E-state index in [4.69, 9.17) is 9.26 Å². The number of aryl methyl sites for hydroxylation is 1. The predicted octanol–water partition coefficient (Wildman–Crippen LogP) is 2.13. The summed E-state index contributed by atoms with van der Waals surface area (Å²) in [5, 5.41) is 6.43. The highest BCUT2D eigenvalue weighted by atomic mass is 16.5. The van der Waals surface area contributed by atoms with E-state index in [1.165, 1.54) is 6.07 Å². The fraction of sp³-hybridized carbons (Fsp3) is 0.312. The van der Waals surface area contributed by atoms with Gasteiger partial charge >= 0.3 is 5.97 Å². The fourth-order valence-corrected chi connectivity index (χ4v) is 1.84. The molecule has 116 valence electrons. The number of nitrogens with zero attached hydrogens (tertiary/aromatic N) is 1. The number of hydrogen-bond acceptors (Lipinski definition) is 5. The van der Waals surface area contributed by atoms with Crippen molar-refractivity contribution >= 4 is 11.9 Å². The average Bonchev–Trinajstić information content (AvgIpc) is 2.97. The summed E-state index contributed by atoms with van der Waals surface area (Å²) >= 11 is 0. The molecular formula is C16H18N2O4. The van der Waals surface area contributed by atoms with Crippen molar-refractivity contribution in [3.8, 4) is 0 Å². The van der Waals surface area contributed by atoms with Gasteiger partial charge in [0.1, 0.15) is 5.76 Å². The number of carbonyl (C=O) groups excluding carboxylic acids is 2. The van der Waals surface area contributed by atoms with Crippen LogP contribution in [0.2, 0.25) is 0 Å². The minimum absolute atomic E-state index is 0.140. The number of ether oxygens (including phenoxy) is 1. The van der Waals surface area contributed by atoms with E-state index in [0.29, 0.717) is 24.3 Å². The highest BCUT2D eigenvalue weighted by Gasteiger charge is 2.13. The number of benzene rings is 1. The Hall–Kier alpha value is -2.63. The van der Waals surface area contributed by atoms with Gasteiger partial charge in [-0.2, -0.15) is 0 Å². The first-order chi connectivity index (χ1) is 10.6. The highest BCUT2D eigenvalue weighted by Crippen LogP contribution is 2.06. The molecule has 1 aromatic carbocycles.